The zero-order chi connectivity index (χ0) is 25.8. The maximum absolute atomic E-state index is 13.2. The number of anilines is 2. The highest BCUT2D eigenvalue weighted by Gasteiger charge is 2.32. The summed E-state index contributed by atoms with van der Waals surface area (Å²) in [4.78, 5) is 28.1. The molecular weight excluding hydrogens is 460 g/mol. The maximum atomic E-state index is 13.2. The van der Waals surface area contributed by atoms with E-state index in [2.05, 4.69) is 29.6 Å². The number of carbonyl (C=O) groups is 2. The lowest BCUT2D eigenvalue weighted by molar-refractivity contribution is -0.125. The van der Waals surface area contributed by atoms with E-state index >= 15 is 0 Å². The van der Waals surface area contributed by atoms with Gasteiger partial charge in [0.1, 0.15) is 5.75 Å². The average molecular weight is 491 g/mol. The molecule has 0 saturated carbocycles. The van der Waals surface area contributed by atoms with Crippen LogP contribution >= 0.6 is 0 Å². The first-order valence-electron chi connectivity index (χ1n) is 12.6. The zero-order valence-corrected chi connectivity index (χ0v) is 21.1. The Morgan fingerprint density at radius 3 is 2.16 bits per heavy atom. The van der Waals surface area contributed by atoms with Crippen LogP contribution < -0.4 is 15.0 Å². The van der Waals surface area contributed by atoms with Crippen molar-refractivity contribution in [1.82, 2.24) is 0 Å². The van der Waals surface area contributed by atoms with Crippen molar-refractivity contribution in [3.63, 3.8) is 0 Å². The van der Waals surface area contributed by atoms with Crippen molar-refractivity contribution in [3.8, 4) is 5.75 Å². The van der Waals surface area contributed by atoms with Gasteiger partial charge in [-0.1, -0.05) is 84.9 Å². The molecule has 37 heavy (non-hydrogen) atoms. The van der Waals surface area contributed by atoms with E-state index < -0.39 is 6.10 Å². The van der Waals surface area contributed by atoms with E-state index in [-0.39, 0.29) is 17.7 Å². The first-order chi connectivity index (χ1) is 18.0. The molecule has 1 N–H and O–H groups in total. The van der Waals surface area contributed by atoms with Crippen LogP contribution in [0.25, 0.3) is 0 Å². The molecule has 186 valence electrons. The maximum Gasteiger partial charge on any atom is 0.268 e. The van der Waals surface area contributed by atoms with Gasteiger partial charge in [-0.05, 0) is 54.3 Å². The lowest BCUT2D eigenvalue weighted by Crippen LogP contribution is -2.44. The number of benzene rings is 4. The third kappa shape index (κ3) is 5.41. The Labute approximate surface area is 217 Å². The molecule has 5 nitrogen and oxygen atoms in total. The molecule has 0 aromatic heterocycles. The zero-order valence-electron chi connectivity index (χ0n) is 21.1. The molecule has 5 rings (SSSR count). The number of aryl methyl sites for hydroxylation is 1. The molecule has 1 heterocycles. The molecule has 0 saturated heterocycles. The number of rotatable bonds is 7. The Balaban J connectivity index is 1.39. The van der Waals surface area contributed by atoms with Crippen molar-refractivity contribution >= 4 is 23.2 Å². The van der Waals surface area contributed by atoms with Crippen molar-refractivity contribution in [1.29, 1.82) is 0 Å². The summed E-state index contributed by atoms with van der Waals surface area (Å²) in [6.45, 7) is 4.24. The molecule has 0 spiro atoms. The summed E-state index contributed by atoms with van der Waals surface area (Å²) in [6.07, 6.45) is -0.278. The van der Waals surface area contributed by atoms with Gasteiger partial charge in [0.15, 0.2) is 6.10 Å². The number of fused-ring (bicyclic) bond motifs is 1. The quantitative estimate of drug-likeness (QED) is 0.323. The summed E-state index contributed by atoms with van der Waals surface area (Å²) in [5.74, 6) is 0.362. The molecule has 4 aromatic rings. The van der Waals surface area contributed by atoms with Crippen molar-refractivity contribution < 1.29 is 14.3 Å². The van der Waals surface area contributed by atoms with E-state index in [0.29, 0.717) is 30.1 Å². The van der Waals surface area contributed by atoms with Crippen LogP contribution in [0.3, 0.4) is 0 Å². The SMILES string of the molecule is Cc1ccccc1CN1C(=O)C(C)Oc2ccc(NC(=O)CC(c3ccccc3)c3ccccc3)cc21. The average Bonchev–Trinajstić information content (AvgIpc) is 2.92. The minimum absolute atomic E-state index is 0.0663. The fourth-order valence-electron chi connectivity index (χ4n) is 4.80. The number of nitrogens with one attached hydrogen (secondary N) is 1. The second-order valence-corrected chi connectivity index (χ2v) is 9.42. The summed E-state index contributed by atoms with van der Waals surface area (Å²) >= 11 is 0. The standard InChI is InChI=1S/C32H30N2O3/c1-22-11-9-10-16-26(22)21-34-29-19-27(17-18-30(29)37-23(2)32(34)36)33-31(35)20-28(24-12-5-3-6-13-24)25-14-7-4-8-15-25/h3-19,23,28H,20-21H2,1-2H3,(H,33,35). The van der Waals surface area contributed by atoms with Gasteiger partial charge in [-0.25, -0.2) is 0 Å². The molecule has 1 atom stereocenters. The summed E-state index contributed by atoms with van der Waals surface area (Å²) in [5.41, 5.74) is 5.65. The highest BCUT2D eigenvalue weighted by Crippen LogP contribution is 2.38. The summed E-state index contributed by atoms with van der Waals surface area (Å²) in [5, 5.41) is 3.05. The largest absolute Gasteiger partial charge is 0.479 e. The predicted molar refractivity (Wildman–Crippen MR) is 147 cm³/mol. The number of amides is 2. The molecule has 2 amide bonds. The minimum Gasteiger partial charge on any atom is -0.479 e. The number of carbonyl (C=O) groups excluding carboxylic acids is 2. The van der Waals surface area contributed by atoms with Crippen LogP contribution in [0, 0.1) is 6.92 Å². The molecular formula is C32H30N2O3. The van der Waals surface area contributed by atoms with Crippen LogP contribution in [0.4, 0.5) is 11.4 Å². The Bertz CT molecular complexity index is 1360. The molecule has 0 bridgehead atoms. The van der Waals surface area contributed by atoms with E-state index in [0.717, 1.165) is 22.3 Å². The molecule has 4 aromatic carbocycles. The van der Waals surface area contributed by atoms with Crippen LogP contribution in [0.2, 0.25) is 0 Å². The van der Waals surface area contributed by atoms with Crippen molar-refractivity contribution in [2.75, 3.05) is 10.2 Å². The summed E-state index contributed by atoms with van der Waals surface area (Å²) in [6, 6.07) is 33.7. The Morgan fingerprint density at radius 2 is 1.51 bits per heavy atom. The van der Waals surface area contributed by atoms with E-state index in [1.54, 1.807) is 11.8 Å². The van der Waals surface area contributed by atoms with E-state index in [4.69, 9.17) is 4.74 Å². The normalized spacial score (nSPS) is 14.7. The number of hydrogen-bond donors (Lipinski definition) is 1. The number of nitrogens with zero attached hydrogens (tertiary/aromatic N) is 1. The highest BCUT2D eigenvalue weighted by molar-refractivity contribution is 6.01. The monoisotopic (exact) mass is 490 g/mol. The third-order valence-electron chi connectivity index (χ3n) is 6.83. The van der Waals surface area contributed by atoms with Crippen LogP contribution in [0.5, 0.6) is 5.75 Å². The Kier molecular flexibility index (Phi) is 7.04. The fourth-order valence-corrected chi connectivity index (χ4v) is 4.80. The minimum atomic E-state index is -0.575. The Morgan fingerprint density at radius 1 is 0.892 bits per heavy atom. The van der Waals surface area contributed by atoms with Crippen LogP contribution in [0.15, 0.2) is 103 Å². The van der Waals surface area contributed by atoms with Crippen molar-refractivity contribution in [3.05, 3.63) is 125 Å². The van der Waals surface area contributed by atoms with Crippen LogP contribution in [0.1, 0.15) is 41.5 Å². The van der Waals surface area contributed by atoms with E-state index in [1.165, 1.54) is 0 Å². The van der Waals surface area contributed by atoms with E-state index in [1.807, 2.05) is 85.8 Å². The fraction of sp³-hybridized carbons (Fsp3) is 0.188. The second-order valence-electron chi connectivity index (χ2n) is 9.42. The number of ether oxygens (including phenoxy) is 1. The Hall–Kier alpha value is -4.38. The molecule has 0 radical (unpaired) electrons. The molecule has 1 unspecified atom stereocenters. The van der Waals surface area contributed by atoms with Crippen LogP contribution in [-0.2, 0) is 16.1 Å². The van der Waals surface area contributed by atoms with Gasteiger partial charge in [-0.15, -0.1) is 0 Å². The van der Waals surface area contributed by atoms with Gasteiger partial charge in [-0.2, -0.15) is 0 Å². The van der Waals surface area contributed by atoms with Gasteiger partial charge in [-0.3, -0.25) is 9.59 Å². The van der Waals surface area contributed by atoms with E-state index in [9.17, 15) is 9.59 Å². The lowest BCUT2D eigenvalue weighted by Gasteiger charge is -2.33. The molecule has 1 aliphatic heterocycles. The highest BCUT2D eigenvalue weighted by atomic mass is 16.5. The molecule has 0 aliphatic carbocycles. The molecule has 1 aliphatic rings. The third-order valence-corrected chi connectivity index (χ3v) is 6.83. The summed E-state index contributed by atoms with van der Waals surface area (Å²) in [7, 11) is 0. The van der Waals surface area contributed by atoms with Gasteiger partial charge < -0.3 is 15.0 Å². The lowest BCUT2D eigenvalue weighted by atomic mass is 9.88. The van der Waals surface area contributed by atoms with Crippen molar-refractivity contribution in [2.45, 2.75) is 38.8 Å². The van der Waals surface area contributed by atoms with Gasteiger partial charge >= 0.3 is 0 Å². The van der Waals surface area contributed by atoms with Gasteiger partial charge in [0.2, 0.25) is 5.91 Å². The smallest absolute Gasteiger partial charge is 0.268 e. The topological polar surface area (TPSA) is 58.6 Å². The van der Waals surface area contributed by atoms with Crippen LogP contribution in [-0.4, -0.2) is 17.9 Å². The first-order valence-corrected chi connectivity index (χ1v) is 12.6. The summed E-state index contributed by atoms with van der Waals surface area (Å²) < 4.78 is 5.88. The van der Waals surface area contributed by atoms with Crippen molar-refractivity contribution in [2.24, 2.45) is 0 Å². The van der Waals surface area contributed by atoms with Gasteiger partial charge in [0, 0.05) is 18.0 Å². The molecule has 0 fully saturated rings. The van der Waals surface area contributed by atoms with Gasteiger partial charge in [0.25, 0.3) is 5.91 Å². The predicted octanol–water partition coefficient (Wildman–Crippen LogP) is 6.47. The van der Waals surface area contributed by atoms with Gasteiger partial charge in [0.05, 0.1) is 12.2 Å². The second kappa shape index (κ2) is 10.7. The number of hydrogen-bond acceptors (Lipinski definition) is 3. The first kappa shape index (κ1) is 24.3. The molecule has 5 heteroatoms.